The van der Waals surface area contributed by atoms with Crippen LogP contribution in [0.1, 0.15) is 55.7 Å². The summed E-state index contributed by atoms with van der Waals surface area (Å²) in [6.45, 7) is 8.33. The molecule has 26 heavy (non-hydrogen) atoms. The van der Waals surface area contributed by atoms with Crippen LogP contribution in [0.4, 0.5) is 0 Å². The van der Waals surface area contributed by atoms with Gasteiger partial charge in [-0.3, -0.25) is 4.99 Å². The lowest BCUT2D eigenvalue weighted by molar-refractivity contribution is -0.0771. The number of nitrogens with zero attached hydrogens (tertiary/aromatic N) is 1. The second kappa shape index (κ2) is 8.64. The molecule has 0 aliphatic carbocycles. The van der Waals surface area contributed by atoms with E-state index in [0.29, 0.717) is 11.8 Å². The van der Waals surface area contributed by atoms with E-state index in [2.05, 4.69) is 69.3 Å². The standard InChI is InChI=1S/C24H31NO/c1-19-9-11-21(12-10-19)23(22-14-16-26-24(2,3)17-22)13-15-25-18-20-7-5-4-6-8-20/h4-12,18,22-23H,13-17H2,1-3H3/t22-,23+/m1/s1. The Hall–Kier alpha value is -1.93. The monoisotopic (exact) mass is 349 g/mol. The van der Waals surface area contributed by atoms with Crippen LogP contribution in [0.5, 0.6) is 0 Å². The fourth-order valence-electron chi connectivity index (χ4n) is 4.03. The van der Waals surface area contributed by atoms with E-state index >= 15 is 0 Å². The average Bonchev–Trinajstić information content (AvgIpc) is 2.63. The van der Waals surface area contributed by atoms with Crippen LogP contribution in [0.3, 0.4) is 0 Å². The smallest absolute Gasteiger partial charge is 0.0629 e. The molecule has 2 aromatic carbocycles. The van der Waals surface area contributed by atoms with Crippen molar-refractivity contribution in [3.63, 3.8) is 0 Å². The molecule has 0 N–H and O–H groups in total. The van der Waals surface area contributed by atoms with Gasteiger partial charge in [-0.2, -0.15) is 0 Å². The van der Waals surface area contributed by atoms with Gasteiger partial charge in [-0.25, -0.2) is 0 Å². The molecule has 0 amide bonds. The number of aryl methyl sites for hydroxylation is 1. The summed E-state index contributed by atoms with van der Waals surface area (Å²) >= 11 is 0. The normalized spacial score (nSPS) is 21.0. The topological polar surface area (TPSA) is 21.6 Å². The molecule has 0 aromatic heterocycles. The molecule has 138 valence electrons. The fraction of sp³-hybridized carbons (Fsp3) is 0.458. The first-order chi connectivity index (χ1) is 12.5. The lowest BCUT2D eigenvalue weighted by Crippen LogP contribution is -2.36. The highest BCUT2D eigenvalue weighted by Gasteiger charge is 2.33. The average molecular weight is 350 g/mol. The Labute approximate surface area is 158 Å². The summed E-state index contributed by atoms with van der Waals surface area (Å²) in [4.78, 5) is 4.70. The van der Waals surface area contributed by atoms with Gasteiger partial charge in [-0.1, -0.05) is 60.2 Å². The molecule has 2 aromatic rings. The van der Waals surface area contributed by atoms with Gasteiger partial charge in [-0.05, 0) is 63.0 Å². The largest absolute Gasteiger partial charge is 0.376 e. The van der Waals surface area contributed by atoms with Crippen LogP contribution in [0.15, 0.2) is 59.6 Å². The van der Waals surface area contributed by atoms with E-state index in [9.17, 15) is 0 Å². The minimum atomic E-state index is -0.0147. The summed E-state index contributed by atoms with van der Waals surface area (Å²) in [6, 6.07) is 19.4. The Morgan fingerprint density at radius 1 is 1.12 bits per heavy atom. The van der Waals surface area contributed by atoms with E-state index < -0.39 is 0 Å². The Kier molecular flexibility index (Phi) is 6.26. The number of hydrogen-bond donors (Lipinski definition) is 0. The second-order valence-electron chi connectivity index (χ2n) is 8.11. The first kappa shape index (κ1) is 18.8. The summed E-state index contributed by atoms with van der Waals surface area (Å²) in [7, 11) is 0. The Bertz CT molecular complexity index is 703. The molecule has 3 rings (SSSR count). The van der Waals surface area contributed by atoms with E-state index in [1.165, 1.54) is 16.7 Å². The lowest BCUT2D eigenvalue weighted by atomic mass is 9.75. The van der Waals surface area contributed by atoms with Gasteiger partial charge in [0, 0.05) is 19.4 Å². The molecule has 2 nitrogen and oxygen atoms in total. The lowest BCUT2D eigenvalue weighted by Gasteiger charge is -2.39. The molecular formula is C24H31NO. The van der Waals surface area contributed by atoms with Gasteiger partial charge < -0.3 is 4.74 Å². The summed E-state index contributed by atoms with van der Waals surface area (Å²) in [5, 5.41) is 0. The van der Waals surface area contributed by atoms with Crippen molar-refractivity contribution in [2.75, 3.05) is 13.2 Å². The molecule has 1 aliphatic heterocycles. The van der Waals surface area contributed by atoms with Gasteiger partial charge in [0.25, 0.3) is 0 Å². The van der Waals surface area contributed by atoms with Crippen molar-refractivity contribution < 1.29 is 4.74 Å². The van der Waals surface area contributed by atoms with Crippen molar-refractivity contribution >= 4 is 6.21 Å². The molecule has 2 atom stereocenters. The minimum absolute atomic E-state index is 0.0147. The molecule has 0 saturated carbocycles. The van der Waals surface area contributed by atoms with Crippen molar-refractivity contribution in [3.8, 4) is 0 Å². The van der Waals surface area contributed by atoms with Crippen molar-refractivity contribution in [2.45, 2.75) is 51.6 Å². The number of rotatable bonds is 6. The van der Waals surface area contributed by atoms with Gasteiger partial charge in [0.15, 0.2) is 0 Å². The third-order valence-electron chi connectivity index (χ3n) is 5.42. The van der Waals surface area contributed by atoms with E-state index in [1.54, 1.807) is 0 Å². The summed E-state index contributed by atoms with van der Waals surface area (Å²) < 4.78 is 5.95. The zero-order valence-electron chi connectivity index (χ0n) is 16.3. The van der Waals surface area contributed by atoms with Crippen LogP contribution >= 0.6 is 0 Å². The molecule has 0 bridgehead atoms. The minimum Gasteiger partial charge on any atom is -0.376 e. The third kappa shape index (κ3) is 5.28. The van der Waals surface area contributed by atoms with Crippen molar-refractivity contribution in [1.29, 1.82) is 0 Å². The summed E-state index contributed by atoms with van der Waals surface area (Å²) in [5.74, 6) is 1.21. The molecule has 1 saturated heterocycles. The molecule has 0 spiro atoms. The summed E-state index contributed by atoms with van der Waals surface area (Å²) in [5.41, 5.74) is 3.93. The second-order valence-corrected chi connectivity index (χ2v) is 8.11. The van der Waals surface area contributed by atoms with Crippen LogP contribution in [0, 0.1) is 12.8 Å². The van der Waals surface area contributed by atoms with Crippen LogP contribution in [0.25, 0.3) is 0 Å². The van der Waals surface area contributed by atoms with Crippen LogP contribution in [0.2, 0.25) is 0 Å². The predicted molar refractivity (Wildman–Crippen MR) is 110 cm³/mol. The van der Waals surface area contributed by atoms with Crippen LogP contribution in [-0.4, -0.2) is 25.0 Å². The predicted octanol–water partition coefficient (Wildman–Crippen LogP) is 5.79. The Balaban J connectivity index is 1.70. The van der Waals surface area contributed by atoms with Crippen molar-refractivity contribution in [2.24, 2.45) is 10.9 Å². The van der Waals surface area contributed by atoms with E-state index in [-0.39, 0.29) is 5.60 Å². The van der Waals surface area contributed by atoms with Crippen molar-refractivity contribution in [1.82, 2.24) is 0 Å². The van der Waals surface area contributed by atoms with Gasteiger partial charge in [0.2, 0.25) is 0 Å². The maximum Gasteiger partial charge on any atom is 0.0629 e. The van der Waals surface area contributed by atoms with Crippen LogP contribution < -0.4 is 0 Å². The molecule has 1 heterocycles. The molecule has 0 radical (unpaired) electrons. The fourth-order valence-corrected chi connectivity index (χ4v) is 4.03. The number of aliphatic imine (C=N–C) groups is 1. The maximum atomic E-state index is 5.95. The van der Waals surface area contributed by atoms with Gasteiger partial charge in [-0.15, -0.1) is 0 Å². The molecule has 2 heteroatoms. The third-order valence-corrected chi connectivity index (χ3v) is 5.42. The summed E-state index contributed by atoms with van der Waals surface area (Å²) in [6.07, 6.45) is 5.35. The Morgan fingerprint density at radius 2 is 1.85 bits per heavy atom. The van der Waals surface area contributed by atoms with E-state index in [0.717, 1.165) is 32.4 Å². The molecule has 1 fully saturated rings. The quantitative estimate of drug-likeness (QED) is 0.605. The van der Waals surface area contributed by atoms with Crippen molar-refractivity contribution in [3.05, 3.63) is 71.3 Å². The SMILES string of the molecule is Cc1ccc([C@H](CCN=Cc2ccccc2)[C@@H]2CCOC(C)(C)C2)cc1. The van der Waals surface area contributed by atoms with Gasteiger partial charge >= 0.3 is 0 Å². The number of hydrogen-bond acceptors (Lipinski definition) is 2. The highest BCUT2D eigenvalue weighted by atomic mass is 16.5. The number of ether oxygens (including phenoxy) is 1. The van der Waals surface area contributed by atoms with E-state index in [1.807, 2.05) is 12.3 Å². The van der Waals surface area contributed by atoms with E-state index in [4.69, 9.17) is 9.73 Å². The highest BCUT2D eigenvalue weighted by Crippen LogP contribution is 2.40. The first-order valence-corrected chi connectivity index (χ1v) is 9.79. The van der Waals surface area contributed by atoms with Crippen LogP contribution in [-0.2, 0) is 4.74 Å². The first-order valence-electron chi connectivity index (χ1n) is 9.79. The maximum absolute atomic E-state index is 5.95. The van der Waals surface area contributed by atoms with Gasteiger partial charge in [0.05, 0.1) is 5.60 Å². The number of benzene rings is 2. The molecule has 1 aliphatic rings. The Morgan fingerprint density at radius 3 is 2.54 bits per heavy atom. The molecular weight excluding hydrogens is 318 g/mol. The zero-order chi connectivity index (χ0) is 18.4. The van der Waals surface area contributed by atoms with Gasteiger partial charge in [0.1, 0.15) is 0 Å². The zero-order valence-corrected chi connectivity index (χ0v) is 16.3. The highest BCUT2D eigenvalue weighted by molar-refractivity contribution is 5.79. The molecule has 0 unspecified atom stereocenters.